The predicted octanol–water partition coefficient (Wildman–Crippen LogP) is 3.02. The van der Waals surface area contributed by atoms with Gasteiger partial charge >= 0.3 is 5.97 Å². The van der Waals surface area contributed by atoms with Gasteiger partial charge in [-0.1, -0.05) is 18.2 Å². The number of benzene rings is 1. The first-order chi connectivity index (χ1) is 11.0. The van der Waals surface area contributed by atoms with E-state index in [2.05, 4.69) is 25.1 Å². The number of rotatable bonds is 3. The van der Waals surface area contributed by atoms with Crippen LogP contribution in [0.2, 0.25) is 0 Å². The van der Waals surface area contributed by atoms with Crippen molar-refractivity contribution >= 4 is 16.9 Å². The molecule has 2 bridgehead atoms. The lowest BCUT2D eigenvalue weighted by atomic mass is 9.98. The van der Waals surface area contributed by atoms with E-state index in [4.69, 9.17) is 4.74 Å². The number of aromatic amines is 1. The summed E-state index contributed by atoms with van der Waals surface area (Å²) >= 11 is 0. The van der Waals surface area contributed by atoms with Crippen LogP contribution in [0.1, 0.15) is 31.2 Å². The lowest BCUT2D eigenvalue weighted by Gasteiger charge is -2.43. The summed E-state index contributed by atoms with van der Waals surface area (Å²) in [6.07, 6.45) is 6.97. The van der Waals surface area contributed by atoms with Crippen LogP contribution in [0.3, 0.4) is 0 Å². The standard InChI is InChI=1S/C19H25N2O2/c1-21(2)14-7-8-15(21)11-16(10-14)23-19(22)9-13-12-20-18-6-4-3-5-17(13)18/h3-6,12,14-16,20H,7-11H2,1-2H3/q+1. The van der Waals surface area contributed by atoms with Crippen LogP contribution in [0.4, 0.5) is 0 Å². The highest BCUT2D eigenvalue weighted by atomic mass is 16.5. The van der Waals surface area contributed by atoms with Crippen molar-refractivity contribution in [2.24, 2.45) is 0 Å². The van der Waals surface area contributed by atoms with Crippen molar-refractivity contribution in [1.29, 1.82) is 0 Å². The molecule has 2 aliphatic rings. The van der Waals surface area contributed by atoms with E-state index >= 15 is 0 Å². The quantitative estimate of drug-likeness (QED) is 0.699. The van der Waals surface area contributed by atoms with E-state index in [9.17, 15) is 4.79 Å². The number of nitrogens with one attached hydrogen (secondary N) is 1. The van der Waals surface area contributed by atoms with Gasteiger partial charge in [-0.05, 0) is 11.6 Å². The molecule has 2 fully saturated rings. The fourth-order valence-corrected chi connectivity index (χ4v) is 4.59. The Kier molecular flexibility index (Phi) is 3.45. The van der Waals surface area contributed by atoms with E-state index in [1.165, 1.54) is 12.8 Å². The first-order valence-corrected chi connectivity index (χ1v) is 8.62. The number of aromatic nitrogens is 1. The normalized spacial score (nSPS) is 28.9. The van der Waals surface area contributed by atoms with Crippen LogP contribution in [-0.4, -0.2) is 47.7 Å². The molecule has 23 heavy (non-hydrogen) atoms. The molecule has 2 aliphatic heterocycles. The Morgan fingerprint density at radius 1 is 1.22 bits per heavy atom. The molecule has 0 radical (unpaired) electrons. The molecule has 122 valence electrons. The molecule has 2 aromatic rings. The smallest absolute Gasteiger partial charge is 0.310 e. The summed E-state index contributed by atoms with van der Waals surface area (Å²) < 4.78 is 6.93. The molecule has 4 rings (SSSR count). The number of carbonyl (C=O) groups excluding carboxylic acids is 1. The van der Waals surface area contributed by atoms with Gasteiger partial charge in [-0.15, -0.1) is 0 Å². The van der Waals surface area contributed by atoms with Crippen molar-refractivity contribution < 1.29 is 14.0 Å². The number of carbonyl (C=O) groups is 1. The van der Waals surface area contributed by atoms with Gasteiger partial charge in [-0.2, -0.15) is 0 Å². The number of para-hydroxylation sites is 1. The molecular formula is C19H25N2O2+. The third kappa shape index (κ3) is 2.55. The Morgan fingerprint density at radius 3 is 2.65 bits per heavy atom. The summed E-state index contributed by atoms with van der Waals surface area (Å²) in [6.45, 7) is 0. The van der Waals surface area contributed by atoms with Gasteiger partial charge in [0.15, 0.2) is 0 Å². The number of esters is 1. The molecule has 1 aromatic heterocycles. The zero-order valence-electron chi connectivity index (χ0n) is 13.9. The zero-order chi connectivity index (χ0) is 16.0. The maximum atomic E-state index is 12.4. The van der Waals surface area contributed by atoms with Crippen molar-refractivity contribution in [2.75, 3.05) is 14.1 Å². The number of hydrogen-bond donors (Lipinski definition) is 1. The fraction of sp³-hybridized carbons (Fsp3) is 0.526. The maximum absolute atomic E-state index is 12.4. The van der Waals surface area contributed by atoms with Crippen LogP contribution in [0.5, 0.6) is 0 Å². The number of fused-ring (bicyclic) bond motifs is 3. The minimum atomic E-state index is -0.0913. The van der Waals surface area contributed by atoms with Crippen molar-refractivity contribution in [2.45, 2.75) is 50.3 Å². The van der Waals surface area contributed by atoms with Gasteiger partial charge < -0.3 is 14.2 Å². The van der Waals surface area contributed by atoms with E-state index in [1.54, 1.807) is 0 Å². The molecule has 0 spiro atoms. The molecule has 2 unspecified atom stereocenters. The second-order valence-corrected chi connectivity index (χ2v) is 7.63. The van der Waals surface area contributed by atoms with E-state index in [0.29, 0.717) is 18.5 Å². The summed E-state index contributed by atoms with van der Waals surface area (Å²) in [4.78, 5) is 15.6. The Hall–Kier alpha value is -1.81. The van der Waals surface area contributed by atoms with Gasteiger partial charge in [0.25, 0.3) is 0 Å². The van der Waals surface area contributed by atoms with Crippen LogP contribution in [0, 0.1) is 0 Å². The van der Waals surface area contributed by atoms with Crippen LogP contribution in [-0.2, 0) is 16.0 Å². The topological polar surface area (TPSA) is 42.1 Å². The monoisotopic (exact) mass is 313 g/mol. The maximum Gasteiger partial charge on any atom is 0.310 e. The number of H-pyrrole nitrogens is 1. The number of ether oxygens (including phenoxy) is 1. The second kappa shape index (κ2) is 5.38. The highest BCUT2D eigenvalue weighted by Gasteiger charge is 2.49. The van der Waals surface area contributed by atoms with Gasteiger partial charge in [0, 0.05) is 42.8 Å². The minimum absolute atomic E-state index is 0.0913. The number of piperidine rings is 1. The van der Waals surface area contributed by atoms with E-state index in [1.807, 2.05) is 24.4 Å². The largest absolute Gasteiger partial charge is 0.462 e. The molecule has 4 nitrogen and oxygen atoms in total. The van der Waals surface area contributed by atoms with Gasteiger partial charge in [0.1, 0.15) is 6.10 Å². The highest BCUT2D eigenvalue weighted by molar-refractivity contribution is 5.87. The third-order valence-corrected chi connectivity index (χ3v) is 6.09. The molecule has 0 amide bonds. The summed E-state index contributed by atoms with van der Waals surface area (Å²) in [5, 5.41) is 1.12. The van der Waals surface area contributed by atoms with Gasteiger partial charge in [0.2, 0.25) is 0 Å². The summed E-state index contributed by atoms with van der Waals surface area (Å²) in [5.41, 5.74) is 2.10. The number of hydrogen-bond acceptors (Lipinski definition) is 2. The summed E-state index contributed by atoms with van der Waals surface area (Å²) in [6, 6.07) is 9.39. The zero-order valence-corrected chi connectivity index (χ0v) is 13.9. The average molecular weight is 313 g/mol. The Bertz CT molecular complexity index is 718. The molecule has 2 saturated heterocycles. The highest BCUT2D eigenvalue weighted by Crippen LogP contribution is 2.40. The first kappa shape index (κ1) is 14.8. The van der Waals surface area contributed by atoms with Crippen molar-refractivity contribution in [3.8, 4) is 0 Å². The van der Waals surface area contributed by atoms with E-state index in [-0.39, 0.29) is 12.1 Å². The summed E-state index contributed by atoms with van der Waals surface area (Å²) in [7, 11) is 4.65. The SMILES string of the molecule is C[N+]1(C)C2CCC1CC(OC(=O)Cc1c[nH]c3ccccc13)C2. The van der Waals surface area contributed by atoms with E-state index < -0.39 is 0 Å². The lowest BCUT2D eigenvalue weighted by molar-refractivity contribution is -0.931. The van der Waals surface area contributed by atoms with Crippen LogP contribution < -0.4 is 0 Å². The molecule has 4 heteroatoms. The molecule has 2 atom stereocenters. The van der Waals surface area contributed by atoms with Crippen molar-refractivity contribution in [1.82, 2.24) is 4.98 Å². The van der Waals surface area contributed by atoms with Gasteiger partial charge in [-0.25, -0.2) is 0 Å². The Morgan fingerprint density at radius 2 is 1.91 bits per heavy atom. The van der Waals surface area contributed by atoms with Crippen LogP contribution >= 0.6 is 0 Å². The molecule has 0 aliphatic carbocycles. The van der Waals surface area contributed by atoms with Crippen molar-refractivity contribution in [3.63, 3.8) is 0 Å². The van der Waals surface area contributed by atoms with Crippen molar-refractivity contribution in [3.05, 3.63) is 36.0 Å². The molecule has 0 saturated carbocycles. The first-order valence-electron chi connectivity index (χ1n) is 8.62. The average Bonchev–Trinajstić information content (AvgIpc) is 2.93. The van der Waals surface area contributed by atoms with E-state index in [0.717, 1.165) is 33.8 Å². The lowest BCUT2D eigenvalue weighted by Crippen LogP contribution is -2.56. The Balaban J connectivity index is 1.41. The van der Waals surface area contributed by atoms with Crippen LogP contribution in [0.25, 0.3) is 10.9 Å². The molecule has 1 aromatic carbocycles. The molecule has 1 N–H and O–H groups in total. The van der Waals surface area contributed by atoms with Crippen LogP contribution in [0.15, 0.2) is 30.5 Å². The van der Waals surface area contributed by atoms with Gasteiger partial charge in [0.05, 0.1) is 32.6 Å². The fourth-order valence-electron chi connectivity index (χ4n) is 4.59. The second-order valence-electron chi connectivity index (χ2n) is 7.63. The van der Waals surface area contributed by atoms with Gasteiger partial charge in [-0.3, -0.25) is 4.79 Å². The predicted molar refractivity (Wildman–Crippen MR) is 90.0 cm³/mol. The number of nitrogens with zero attached hydrogens (tertiary/aromatic N) is 1. The molecule has 3 heterocycles. The third-order valence-electron chi connectivity index (χ3n) is 6.09. The minimum Gasteiger partial charge on any atom is -0.462 e. The summed E-state index contributed by atoms with van der Waals surface area (Å²) in [5.74, 6) is -0.0913. The Labute approximate surface area is 137 Å². The molecular weight excluding hydrogens is 288 g/mol. The number of quaternary nitrogens is 1.